The number of rotatable bonds is 3. The fraction of sp³-hybridized carbons (Fsp3) is 0.600. The van der Waals surface area contributed by atoms with E-state index in [1.54, 1.807) is 11.3 Å². The van der Waals surface area contributed by atoms with Gasteiger partial charge in [0.1, 0.15) is 0 Å². The number of aryl methyl sites for hydroxylation is 1. The zero-order valence-electron chi connectivity index (χ0n) is 12.6. The van der Waals surface area contributed by atoms with E-state index in [-0.39, 0.29) is 0 Å². The van der Waals surface area contributed by atoms with Crippen molar-refractivity contribution in [1.29, 1.82) is 0 Å². The van der Waals surface area contributed by atoms with Crippen molar-refractivity contribution in [2.75, 3.05) is 11.4 Å². The summed E-state index contributed by atoms with van der Waals surface area (Å²) in [6.45, 7) is 7.81. The van der Waals surface area contributed by atoms with Gasteiger partial charge in [0.15, 0.2) is 5.82 Å². The van der Waals surface area contributed by atoms with Crippen molar-refractivity contribution in [2.24, 2.45) is 13.0 Å². The Bertz CT molecular complexity index is 599. The average Bonchev–Trinajstić information content (AvgIpc) is 3.07. The molecular formula is C15H22N4S. The highest BCUT2D eigenvalue weighted by Crippen LogP contribution is 2.32. The molecule has 0 aromatic carbocycles. The minimum Gasteiger partial charge on any atom is -0.338 e. The minimum atomic E-state index is 0.593. The van der Waals surface area contributed by atoms with Crippen molar-refractivity contribution in [1.82, 2.24) is 14.8 Å². The molecule has 1 unspecified atom stereocenters. The molecule has 1 aliphatic heterocycles. The van der Waals surface area contributed by atoms with E-state index in [9.17, 15) is 0 Å². The highest BCUT2D eigenvalue weighted by molar-refractivity contribution is 7.15. The molecule has 1 atom stereocenters. The van der Waals surface area contributed by atoms with E-state index >= 15 is 0 Å². The van der Waals surface area contributed by atoms with Crippen molar-refractivity contribution in [2.45, 2.75) is 39.7 Å². The summed E-state index contributed by atoms with van der Waals surface area (Å²) in [5.74, 6) is 2.65. The molecule has 20 heavy (non-hydrogen) atoms. The summed E-state index contributed by atoms with van der Waals surface area (Å²) in [7, 11) is 2.08. The molecule has 5 heteroatoms. The molecule has 4 nitrogen and oxygen atoms in total. The molecule has 108 valence electrons. The van der Waals surface area contributed by atoms with Crippen LogP contribution >= 0.6 is 11.3 Å². The van der Waals surface area contributed by atoms with E-state index in [0.717, 1.165) is 18.3 Å². The average molecular weight is 290 g/mol. The first-order chi connectivity index (χ1) is 9.58. The monoisotopic (exact) mass is 290 g/mol. The molecule has 1 saturated heterocycles. The third-order valence-corrected chi connectivity index (χ3v) is 5.13. The Hall–Kier alpha value is -1.36. The van der Waals surface area contributed by atoms with Crippen LogP contribution in [-0.2, 0) is 7.05 Å². The van der Waals surface area contributed by atoms with Crippen LogP contribution in [0.1, 0.15) is 31.6 Å². The summed E-state index contributed by atoms with van der Waals surface area (Å²) < 4.78 is 2.14. The van der Waals surface area contributed by atoms with Crippen LogP contribution in [0.25, 0.3) is 10.7 Å². The van der Waals surface area contributed by atoms with Gasteiger partial charge in [0, 0.05) is 24.5 Å². The predicted molar refractivity (Wildman–Crippen MR) is 84.3 cm³/mol. The highest BCUT2D eigenvalue weighted by atomic mass is 32.1. The van der Waals surface area contributed by atoms with Crippen molar-refractivity contribution in [3.05, 3.63) is 17.0 Å². The summed E-state index contributed by atoms with van der Waals surface area (Å²) in [5.41, 5.74) is 0. The molecule has 0 bridgehead atoms. The molecule has 0 spiro atoms. The molecule has 2 aromatic heterocycles. The fourth-order valence-electron chi connectivity index (χ4n) is 3.07. The van der Waals surface area contributed by atoms with Gasteiger partial charge in [0.2, 0.25) is 5.95 Å². The number of nitrogens with zero attached hydrogens (tertiary/aromatic N) is 4. The summed E-state index contributed by atoms with van der Waals surface area (Å²) in [6, 6.07) is 4.87. The number of hydrogen-bond acceptors (Lipinski definition) is 4. The van der Waals surface area contributed by atoms with Crippen LogP contribution in [0.15, 0.2) is 12.1 Å². The van der Waals surface area contributed by atoms with Gasteiger partial charge in [0.25, 0.3) is 0 Å². The maximum atomic E-state index is 4.46. The quantitative estimate of drug-likeness (QED) is 0.868. The summed E-state index contributed by atoms with van der Waals surface area (Å²) >= 11 is 1.78. The maximum Gasteiger partial charge on any atom is 0.227 e. The number of thiophene rings is 1. The molecule has 0 amide bonds. The van der Waals surface area contributed by atoms with Crippen molar-refractivity contribution in [3.63, 3.8) is 0 Å². The van der Waals surface area contributed by atoms with Crippen LogP contribution < -0.4 is 4.90 Å². The normalized spacial score (nSPS) is 19.2. The van der Waals surface area contributed by atoms with Gasteiger partial charge >= 0.3 is 0 Å². The van der Waals surface area contributed by atoms with Crippen LogP contribution in [0.2, 0.25) is 0 Å². The first-order valence-corrected chi connectivity index (χ1v) is 8.12. The molecule has 1 fully saturated rings. The molecule has 3 rings (SSSR count). The fourth-order valence-corrected chi connectivity index (χ4v) is 3.96. The molecule has 2 aromatic rings. The Morgan fingerprint density at radius 1 is 1.30 bits per heavy atom. The summed E-state index contributed by atoms with van der Waals surface area (Å²) in [4.78, 5) is 4.94. The lowest BCUT2D eigenvalue weighted by atomic mass is 10.0. The van der Waals surface area contributed by atoms with Gasteiger partial charge < -0.3 is 4.90 Å². The van der Waals surface area contributed by atoms with Gasteiger partial charge in [-0.25, -0.2) is 0 Å². The third kappa shape index (κ3) is 2.24. The Morgan fingerprint density at radius 2 is 2.10 bits per heavy atom. The molecule has 0 saturated carbocycles. The van der Waals surface area contributed by atoms with Crippen LogP contribution in [0.5, 0.6) is 0 Å². The van der Waals surface area contributed by atoms with Crippen LogP contribution in [0.3, 0.4) is 0 Å². The van der Waals surface area contributed by atoms with Crippen LogP contribution in [-0.4, -0.2) is 27.4 Å². The second-order valence-corrected chi connectivity index (χ2v) is 7.23. The van der Waals surface area contributed by atoms with E-state index in [1.165, 1.54) is 22.6 Å². The van der Waals surface area contributed by atoms with E-state index in [0.29, 0.717) is 12.0 Å². The zero-order valence-corrected chi connectivity index (χ0v) is 13.4. The van der Waals surface area contributed by atoms with E-state index < -0.39 is 0 Å². The second kappa shape index (κ2) is 5.20. The minimum absolute atomic E-state index is 0.593. The first-order valence-electron chi connectivity index (χ1n) is 7.30. The molecule has 0 radical (unpaired) electrons. The number of hydrogen-bond donors (Lipinski definition) is 0. The SMILES string of the molecule is Cc1ccc(-c2nnc(N3CCCC3C(C)C)n2C)s1. The van der Waals surface area contributed by atoms with Crippen molar-refractivity contribution < 1.29 is 0 Å². The maximum absolute atomic E-state index is 4.46. The molecular weight excluding hydrogens is 268 g/mol. The van der Waals surface area contributed by atoms with Gasteiger partial charge in [-0.3, -0.25) is 4.57 Å². The Labute approximate surface area is 124 Å². The number of anilines is 1. The van der Waals surface area contributed by atoms with Gasteiger partial charge in [-0.1, -0.05) is 13.8 Å². The van der Waals surface area contributed by atoms with Crippen molar-refractivity contribution >= 4 is 17.3 Å². The van der Waals surface area contributed by atoms with Gasteiger partial charge in [-0.15, -0.1) is 21.5 Å². The highest BCUT2D eigenvalue weighted by Gasteiger charge is 2.30. The smallest absolute Gasteiger partial charge is 0.227 e. The first kappa shape index (κ1) is 13.6. The molecule has 0 aliphatic carbocycles. The zero-order chi connectivity index (χ0) is 14.3. The van der Waals surface area contributed by atoms with E-state index in [4.69, 9.17) is 0 Å². The van der Waals surface area contributed by atoms with E-state index in [1.807, 2.05) is 0 Å². The molecule has 0 N–H and O–H groups in total. The third-order valence-electron chi connectivity index (χ3n) is 4.14. The Balaban J connectivity index is 1.94. The van der Waals surface area contributed by atoms with Crippen molar-refractivity contribution in [3.8, 4) is 10.7 Å². The molecule has 3 heterocycles. The summed E-state index contributed by atoms with van der Waals surface area (Å²) in [5, 5.41) is 8.88. The lowest BCUT2D eigenvalue weighted by Gasteiger charge is -2.28. The number of aromatic nitrogens is 3. The van der Waals surface area contributed by atoms with Gasteiger partial charge in [0.05, 0.1) is 4.88 Å². The standard InChI is InChI=1S/C15H22N4S/c1-10(2)12-6-5-9-19(12)15-17-16-14(18(15)4)13-8-7-11(3)20-13/h7-8,10,12H,5-6,9H2,1-4H3. The predicted octanol–water partition coefficient (Wildman–Crippen LogP) is 3.48. The topological polar surface area (TPSA) is 34.0 Å². The summed E-state index contributed by atoms with van der Waals surface area (Å²) in [6.07, 6.45) is 2.52. The Morgan fingerprint density at radius 3 is 2.75 bits per heavy atom. The van der Waals surface area contributed by atoms with Gasteiger partial charge in [-0.2, -0.15) is 0 Å². The Kier molecular flexibility index (Phi) is 3.54. The lowest BCUT2D eigenvalue weighted by molar-refractivity contribution is 0.484. The lowest BCUT2D eigenvalue weighted by Crippen LogP contribution is -2.35. The van der Waals surface area contributed by atoms with Gasteiger partial charge in [-0.05, 0) is 37.8 Å². The largest absolute Gasteiger partial charge is 0.338 e. The van der Waals surface area contributed by atoms with E-state index in [2.05, 4.69) is 59.6 Å². The second-order valence-electron chi connectivity index (χ2n) is 5.94. The molecule has 1 aliphatic rings. The van der Waals surface area contributed by atoms with Crippen LogP contribution in [0, 0.1) is 12.8 Å². The van der Waals surface area contributed by atoms with Crippen LogP contribution in [0.4, 0.5) is 5.95 Å².